The second-order valence-electron chi connectivity index (χ2n) is 8.04. The van der Waals surface area contributed by atoms with Crippen LogP contribution in [0.2, 0.25) is 0 Å². The van der Waals surface area contributed by atoms with Crippen molar-refractivity contribution >= 4 is 6.03 Å². The molecule has 2 amide bonds. The van der Waals surface area contributed by atoms with Gasteiger partial charge >= 0.3 is 6.03 Å². The van der Waals surface area contributed by atoms with Gasteiger partial charge in [-0.3, -0.25) is 0 Å². The van der Waals surface area contributed by atoms with Gasteiger partial charge < -0.3 is 16.0 Å². The van der Waals surface area contributed by atoms with Crippen LogP contribution >= 0.6 is 0 Å². The number of hydrogen-bond acceptors (Lipinski definition) is 2. The molecular weight excluding hydrogens is 250 g/mol. The summed E-state index contributed by atoms with van der Waals surface area (Å²) >= 11 is 0. The quantitative estimate of drug-likeness (QED) is 0.721. The molecule has 1 heterocycles. The Balaban J connectivity index is 1.39. The molecule has 3 N–H and O–H groups in total. The Morgan fingerprint density at radius 3 is 2.15 bits per heavy atom. The van der Waals surface area contributed by atoms with Crippen LogP contribution in [0, 0.1) is 23.7 Å². The number of carbonyl (C=O) groups is 1. The van der Waals surface area contributed by atoms with Crippen molar-refractivity contribution in [1.82, 2.24) is 16.0 Å². The van der Waals surface area contributed by atoms with Crippen LogP contribution in [-0.4, -0.2) is 30.7 Å². The van der Waals surface area contributed by atoms with E-state index in [1.165, 1.54) is 38.5 Å². The second kappa shape index (κ2) is 4.62. The number of urea groups is 1. The average molecular weight is 277 g/mol. The lowest BCUT2D eigenvalue weighted by Crippen LogP contribution is -2.62. The largest absolute Gasteiger partial charge is 0.334 e. The van der Waals surface area contributed by atoms with Gasteiger partial charge in [0.15, 0.2) is 0 Å². The molecule has 1 saturated heterocycles. The van der Waals surface area contributed by atoms with Gasteiger partial charge in [0.2, 0.25) is 0 Å². The Morgan fingerprint density at radius 2 is 1.65 bits per heavy atom. The Hall–Kier alpha value is -0.770. The van der Waals surface area contributed by atoms with E-state index in [0.717, 1.165) is 30.8 Å². The molecule has 4 aliphatic carbocycles. The van der Waals surface area contributed by atoms with Gasteiger partial charge in [-0.25, -0.2) is 4.79 Å². The zero-order valence-electron chi connectivity index (χ0n) is 12.5. The van der Waals surface area contributed by atoms with Crippen molar-refractivity contribution in [3.05, 3.63) is 0 Å². The van der Waals surface area contributed by atoms with Gasteiger partial charge in [-0.1, -0.05) is 6.92 Å². The minimum atomic E-state index is 0.0764. The third kappa shape index (κ3) is 2.22. The van der Waals surface area contributed by atoms with Crippen molar-refractivity contribution in [1.29, 1.82) is 0 Å². The van der Waals surface area contributed by atoms with Gasteiger partial charge in [0, 0.05) is 18.1 Å². The lowest BCUT2D eigenvalue weighted by molar-refractivity contribution is -0.0136. The lowest BCUT2D eigenvalue weighted by Gasteiger charge is -2.56. The van der Waals surface area contributed by atoms with Gasteiger partial charge in [-0.2, -0.15) is 0 Å². The van der Waals surface area contributed by atoms with E-state index in [-0.39, 0.29) is 11.6 Å². The van der Waals surface area contributed by atoms with E-state index in [1.807, 2.05) is 0 Å². The van der Waals surface area contributed by atoms with Crippen LogP contribution in [0.5, 0.6) is 0 Å². The van der Waals surface area contributed by atoms with Gasteiger partial charge in [-0.15, -0.1) is 0 Å². The second-order valence-corrected chi connectivity index (χ2v) is 8.04. The van der Waals surface area contributed by atoms with Crippen molar-refractivity contribution in [3.63, 3.8) is 0 Å². The molecule has 2 unspecified atom stereocenters. The maximum atomic E-state index is 12.4. The SMILES string of the molecule is CC1CNCC1NC(=O)NC12CC3CC(CC(C3)C1)C2. The Labute approximate surface area is 121 Å². The molecule has 4 bridgehead atoms. The van der Waals surface area contributed by atoms with E-state index in [4.69, 9.17) is 0 Å². The standard InChI is InChI=1S/C16H27N3O/c1-10-8-17-9-14(10)18-15(20)19-16-5-11-2-12(6-16)4-13(3-11)7-16/h10-14,17H,2-9H2,1H3,(H2,18,19,20). The fourth-order valence-corrected chi connectivity index (χ4v) is 5.71. The highest BCUT2D eigenvalue weighted by molar-refractivity contribution is 5.75. The monoisotopic (exact) mass is 277 g/mol. The molecule has 5 rings (SSSR count). The van der Waals surface area contributed by atoms with E-state index in [2.05, 4.69) is 22.9 Å². The molecule has 5 aliphatic rings. The topological polar surface area (TPSA) is 53.2 Å². The van der Waals surface area contributed by atoms with Crippen LogP contribution in [0.25, 0.3) is 0 Å². The van der Waals surface area contributed by atoms with E-state index in [1.54, 1.807) is 0 Å². The van der Waals surface area contributed by atoms with Crippen LogP contribution in [-0.2, 0) is 0 Å². The summed E-state index contributed by atoms with van der Waals surface area (Å²) in [6.45, 7) is 4.13. The van der Waals surface area contributed by atoms with Crippen LogP contribution in [0.3, 0.4) is 0 Å². The fraction of sp³-hybridized carbons (Fsp3) is 0.938. The van der Waals surface area contributed by atoms with Crippen LogP contribution in [0.15, 0.2) is 0 Å². The highest BCUT2D eigenvalue weighted by Gasteiger charge is 2.51. The summed E-state index contributed by atoms with van der Waals surface area (Å²) in [4.78, 5) is 12.4. The highest BCUT2D eigenvalue weighted by atomic mass is 16.2. The summed E-state index contributed by atoms with van der Waals surface area (Å²) in [7, 11) is 0. The summed E-state index contributed by atoms with van der Waals surface area (Å²) < 4.78 is 0. The van der Waals surface area contributed by atoms with Gasteiger partial charge in [-0.05, 0) is 68.7 Å². The van der Waals surface area contributed by atoms with Crippen LogP contribution in [0.1, 0.15) is 45.4 Å². The van der Waals surface area contributed by atoms with E-state index >= 15 is 0 Å². The molecule has 0 aromatic heterocycles. The number of carbonyl (C=O) groups excluding carboxylic acids is 1. The summed E-state index contributed by atoms with van der Waals surface area (Å²) in [5.74, 6) is 3.19. The summed E-state index contributed by atoms with van der Waals surface area (Å²) in [6, 6.07) is 0.372. The summed E-state index contributed by atoms with van der Waals surface area (Å²) in [5, 5.41) is 9.93. The molecule has 4 heteroatoms. The Bertz CT molecular complexity index is 373. The first-order chi connectivity index (χ1) is 9.62. The maximum absolute atomic E-state index is 12.4. The Morgan fingerprint density at radius 1 is 1.05 bits per heavy atom. The smallest absolute Gasteiger partial charge is 0.315 e. The first kappa shape index (κ1) is 12.9. The Kier molecular flexibility index (Phi) is 2.99. The third-order valence-corrected chi connectivity index (χ3v) is 6.25. The van der Waals surface area contributed by atoms with E-state index in [0.29, 0.717) is 12.0 Å². The van der Waals surface area contributed by atoms with Crippen molar-refractivity contribution in [2.75, 3.05) is 13.1 Å². The highest BCUT2D eigenvalue weighted by Crippen LogP contribution is 2.55. The molecule has 2 atom stereocenters. The predicted molar refractivity (Wildman–Crippen MR) is 78.4 cm³/mol. The van der Waals surface area contributed by atoms with Crippen molar-refractivity contribution in [2.45, 2.75) is 57.0 Å². The maximum Gasteiger partial charge on any atom is 0.315 e. The summed E-state index contributed by atoms with van der Waals surface area (Å²) in [5.41, 5.74) is 0.133. The minimum absolute atomic E-state index is 0.0764. The molecule has 4 nitrogen and oxygen atoms in total. The number of amides is 2. The van der Waals surface area contributed by atoms with Gasteiger partial charge in [0.05, 0.1) is 0 Å². The number of hydrogen-bond donors (Lipinski definition) is 3. The van der Waals surface area contributed by atoms with Crippen molar-refractivity contribution in [3.8, 4) is 0 Å². The normalized spacial score (nSPS) is 49.4. The van der Waals surface area contributed by atoms with Gasteiger partial charge in [0.1, 0.15) is 0 Å². The van der Waals surface area contributed by atoms with Gasteiger partial charge in [0.25, 0.3) is 0 Å². The summed E-state index contributed by atoms with van der Waals surface area (Å²) in [6.07, 6.45) is 7.95. The average Bonchev–Trinajstić information content (AvgIpc) is 2.72. The zero-order valence-corrected chi connectivity index (χ0v) is 12.5. The molecule has 0 aromatic rings. The molecule has 0 radical (unpaired) electrons. The molecule has 20 heavy (non-hydrogen) atoms. The molecule has 1 aliphatic heterocycles. The van der Waals surface area contributed by atoms with Crippen molar-refractivity contribution < 1.29 is 4.79 Å². The predicted octanol–water partition coefficient (Wildman–Crippen LogP) is 1.86. The van der Waals surface area contributed by atoms with E-state index in [9.17, 15) is 4.79 Å². The molecular formula is C16H27N3O. The van der Waals surface area contributed by atoms with E-state index < -0.39 is 0 Å². The van der Waals surface area contributed by atoms with Crippen LogP contribution < -0.4 is 16.0 Å². The minimum Gasteiger partial charge on any atom is -0.334 e. The number of rotatable bonds is 2. The molecule has 4 saturated carbocycles. The lowest BCUT2D eigenvalue weighted by atomic mass is 9.53. The van der Waals surface area contributed by atoms with Crippen LogP contribution in [0.4, 0.5) is 4.79 Å². The third-order valence-electron chi connectivity index (χ3n) is 6.25. The molecule has 0 spiro atoms. The fourth-order valence-electron chi connectivity index (χ4n) is 5.71. The first-order valence-corrected chi connectivity index (χ1v) is 8.41. The molecule has 5 fully saturated rings. The molecule has 0 aromatic carbocycles. The first-order valence-electron chi connectivity index (χ1n) is 8.41. The van der Waals surface area contributed by atoms with Crippen molar-refractivity contribution in [2.24, 2.45) is 23.7 Å². The molecule has 112 valence electrons. The zero-order chi connectivity index (χ0) is 13.7. The number of nitrogens with one attached hydrogen (secondary N) is 3.